The van der Waals surface area contributed by atoms with Crippen LogP contribution < -0.4 is 0 Å². The lowest BCUT2D eigenvalue weighted by Crippen LogP contribution is -2.02. The Kier molecular flexibility index (Phi) is 9.64. The molecule has 0 saturated carbocycles. The van der Waals surface area contributed by atoms with Gasteiger partial charge >= 0.3 is 5.97 Å². The summed E-state index contributed by atoms with van der Waals surface area (Å²) in [5, 5.41) is 0. The molecule has 0 unspecified atom stereocenters. The molecule has 0 N–H and O–H groups in total. The maximum absolute atomic E-state index is 10.5. The molecule has 0 radical (unpaired) electrons. The molecule has 0 aromatic rings. The van der Waals surface area contributed by atoms with Gasteiger partial charge in [0.15, 0.2) is 0 Å². The van der Waals surface area contributed by atoms with E-state index in [0.29, 0.717) is 6.61 Å². The zero-order valence-electron chi connectivity index (χ0n) is 8.96. The molecule has 0 amide bonds. The van der Waals surface area contributed by atoms with Crippen molar-refractivity contribution in [3.05, 3.63) is 12.7 Å². The lowest BCUT2D eigenvalue weighted by molar-refractivity contribution is -0.267. The van der Waals surface area contributed by atoms with E-state index in [9.17, 15) is 4.79 Å². The summed E-state index contributed by atoms with van der Waals surface area (Å²) in [5.74, 6) is -0.531. The first-order valence-corrected chi connectivity index (χ1v) is 5.27. The van der Waals surface area contributed by atoms with Gasteiger partial charge in [0.05, 0.1) is 6.61 Å². The number of rotatable bonds is 9. The molecule has 0 aliphatic rings. The van der Waals surface area contributed by atoms with Crippen molar-refractivity contribution in [1.29, 1.82) is 0 Å². The zero-order valence-corrected chi connectivity index (χ0v) is 8.96. The Morgan fingerprint density at radius 2 is 1.86 bits per heavy atom. The highest BCUT2D eigenvalue weighted by Gasteiger charge is 1.95. The van der Waals surface area contributed by atoms with Crippen molar-refractivity contribution < 1.29 is 14.6 Å². The second-order valence-electron chi connectivity index (χ2n) is 3.20. The predicted molar refractivity (Wildman–Crippen MR) is 55.6 cm³/mol. The van der Waals surface area contributed by atoms with Crippen LogP contribution in [0, 0.1) is 0 Å². The molecule has 82 valence electrons. The van der Waals surface area contributed by atoms with Crippen LogP contribution in [0.2, 0.25) is 0 Å². The van der Waals surface area contributed by atoms with E-state index in [4.69, 9.17) is 0 Å². The SMILES string of the molecule is C=CC(=O)OOCCCCCCCC. The summed E-state index contributed by atoms with van der Waals surface area (Å²) >= 11 is 0. The van der Waals surface area contributed by atoms with Gasteiger partial charge in [0.1, 0.15) is 0 Å². The molecule has 3 nitrogen and oxygen atoms in total. The molecule has 0 atom stereocenters. The van der Waals surface area contributed by atoms with Crippen LogP contribution >= 0.6 is 0 Å². The molecule has 3 heteroatoms. The second-order valence-corrected chi connectivity index (χ2v) is 3.20. The minimum absolute atomic E-state index is 0.478. The van der Waals surface area contributed by atoms with Gasteiger partial charge in [-0.3, -0.25) is 4.89 Å². The molecule has 14 heavy (non-hydrogen) atoms. The summed E-state index contributed by atoms with van der Waals surface area (Å²) < 4.78 is 0. The minimum atomic E-state index is -0.531. The van der Waals surface area contributed by atoms with Crippen LogP contribution in [0.3, 0.4) is 0 Å². The van der Waals surface area contributed by atoms with Crippen molar-refractivity contribution in [2.45, 2.75) is 45.4 Å². The monoisotopic (exact) mass is 200 g/mol. The van der Waals surface area contributed by atoms with Crippen LogP contribution in [0.1, 0.15) is 45.4 Å². The average Bonchev–Trinajstić information content (AvgIpc) is 2.21. The predicted octanol–water partition coefficient (Wildman–Crippen LogP) is 3.01. The Morgan fingerprint density at radius 1 is 1.21 bits per heavy atom. The van der Waals surface area contributed by atoms with Crippen LogP contribution in [-0.4, -0.2) is 12.6 Å². The van der Waals surface area contributed by atoms with Gasteiger partial charge in [0.25, 0.3) is 0 Å². The zero-order chi connectivity index (χ0) is 10.6. The first-order chi connectivity index (χ1) is 6.81. The maximum Gasteiger partial charge on any atom is 0.365 e. The smallest absolute Gasteiger partial charge is 0.294 e. The van der Waals surface area contributed by atoms with Crippen LogP contribution in [-0.2, 0) is 14.6 Å². The maximum atomic E-state index is 10.5. The Balaban J connectivity index is 2.99. The quantitative estimate of drug-likeness (QED) is 0.248. The number of carbonyl (C=O) groups excluding carboxylic acids is 1. The van der Waals surface area contributed by atoms with Gasteiger partial charge in [0.2, 0.25) is 0 Å². The molecule has 0 aliphatic heterocycles. The van der Waals surface area contributed by atoms with Crippen LogP contribution in [0.4, 0.5) is 0 Å². The Labute approximate surface area is 86.0 Å². The van der Waals surface area contributed by atoms with Gasteiger partial charge in [0, 0.05) is 6.08 Å². The largest absolute Gasteiger partial charge is 0.365 e. The molecule has 0 heterocycles. The summed E-state index contributed by atoms with van der Waals surface area (Å²) in [6.07, 6.45) is 8.22. The van der Waals surface area contributed by atoms with E-state index in [-0.39, 0.29) is 0 Å². The minimum Gasteiger partial charge on any atom is -0.294 e. The summed E-state index contributed by atoms with van der Waals surface area (Å²) in [7, 11) is 0. The highest BCUT2D eigenvalue weighted by Crippen LogP contribution is 2.04. The summed E-state index contributed by atoms with van der Waals surface area (Å²) in [5.41, 5.74) is 0. The topological polar surface area (TPSA) is 35.5 Å². The van der Waals surface area contributed by atoms with Gasteiger partial charge in [-0.15, -0.1) is 0 Å². The lowest BCUT2D eigenvalue weighted by atomic mass is 10.1. The van der Waals surface area contributed by atoms with Crippen LogP contribution in [0.25, 0.3) is 0 Å². The van der Waals surface area contributed by atoms with E-state index < -0.39 is 5.97 Å². The molecule has 0 aromatic carbocycles. The van der Waals surface area contributed by atoms with Crippen molar-refractivity contribution in [2.24, 2.45) is 0 Å². The van der Waals surface area contributed by atoms with Gasteiger partial charge in [-0.05, 0) is 6.42 Å². The highest BCUT2D eigenvalue weighted by atomic mass is 17.2. The standard InChI is InChI=1S/C11H20O3/c1-3-5-6-7-8-9-10-13-14-11(12)4-2/h4H,2-3,5-10H2,1H3. The van der Waals surface area contributed by atoms with Gasteiger partial charge < -0.3 is 0 Å². The molecule has 0 bridgehead atoms. The normalized spacial score (nSPS) is 9.79. The van der Waals surface area contributed by atoms with Crippen LogP contribution in [0.15, 0.2) is 12.7 Å². The van der Waals surface area contributed by atoms with E-state index in [1.165, 1.54) is 25.7 Å². The van der Waals surface area contributed by atoms with Gasteiger partial charge in [-0.25, -0.2) is 4.79 Å². The highest BCUT2D eigenvalue weighted by molar-refractivity contribution is 5.80. The van der Waals surface area contributed by atoms with Crippen LogP contribution in [0.5, 0.6) is 0 Å². The van der Waals surface area contributed by atoms with Gasteiger partial charge in [-0.2, -0.15) is 4.89 Å². The molecular formula is C11H20O3. The molecule has 0 saturated heterocycles. The summed E-state index contributed by atoms with van der Waals surface area (Å²) in [4.78, 5) is 19.6. The fourth-order valence-corrected chi connectivity index (χ4v) is 1.08. The lowest BCUT2D eigenvalue weighted by Gasteiger charge is -2.01. The molecule has 0 fully saturated rings. The Hall–Kier alpha value is -0.830. The van der Waals surface area contributed by atoms with E-state index >= 15 is 0 Å². The molecule has 0 aliphatic carbocycles. The molecule has 0 aromatic heterocycles. The third kappa shape index (κ3) is 9.26. The van der Waals surface area contributed by atoms with Crippen molar-refractivity contribution >= 4 is 5.97 Å². The van der Waals surface area contributed by atoms with Gasteiger partial charge in [-0.1, -0.05) is 45.6 Å². The molecular weight excluding hydrogens is 180 g/mol. The van der Waals surface area contributed by atoms with E-state index in [2.05, 4.69) is 23.3 Å². The Morgan fingerprint density at radius 3 is 2.50 bits per heavy atom. The number of hydrogen-bond donors (Lipinski definition) is 0. The fourth-order valence-electron chi connectivity index (χ4n) is 1.08. The summed E-state index contributed by atoms with van der Waals surface area (Å²) in [6.45, 7) is 5.93. The first-order valence-electron chi connectivity index (χ1n) is 5.27. The number of hydrogen-bond acceptors (Lipinski definition) is 3. The van der Waals surface area contributed by atoms with E-state index in [1.54, 1.807) is 0 Å². The first kappa shape index (κ1) is 13.2. The number of carbonyl (C=O) groups is 1. The number of unbranched alkanes of at least 4 members (excludes halogenated alkanes) is 5. The fraction of sp³-hybridized carbons (Fsp3) is 0.727. The molecule has 0 rings (SSSR count). The average molecular weight is 200 g/mol. The van der Waals surface area contributed by atoms with Crippen molar-refractivity contribution in [2.75, 3.05) is 6.61 Å². The summed E-state index contributed by atoms with van der Waals surface area (Å²) in [6, 6.07) is 0. The third-order valence-corrected chi connectivity index (χ3v) is 1.89. The second kappa shape index (κ2) is 10.3. The van der Waals surface area contributed by atoms with Crippen molar-refractivity contribution in [3.8, 4) is 0 Å². The van der Waals surface area contributed by atoms with E-state index in [0.717, 1.165) is 18.9 Å². The Bertz CT molecular complexity index is 155. The third-order valence-electron chi connectivity index (χ3n) is 1.89. The van der Waals surface area contributed by atoms with Crippen molar-refractivity contribution in [1.82, 2.24) is 0 Å². The van der Waals surface area contributed by atoms with E-state index in [1.807, 2.05) is 0 Å². The molecule has 0 spiro atoms. The van der Waals surface area contributed by atoms with Crippen molar-refractivity contribution in [3.63, 3.8) is 0 Å².